The number of benzene rings is 2. The van der Waals surface area contributed by atoms with Gasteiger partial charge in [0.05, 0.1) is 13.2 Å². The molecule has 0 aromatic heterocycles. The number of nitrogens with zero attached hydrogens (tertiary/aromatic N) is 2. The second kappa shape index (κ2) is 10.7. The lowest BCUT2D eigenvalue weighted by Gasteiger charge is -2.29. The van der Waals surface area contributed by atoms with E-state index in [4.69, 9.17) is 4.74 Å². The number of carbonyl (C=O) groups is 4. The first kappa shape index (κ1) is 24.3. The largest absolute Gasteiger partial charge is 0.379 e. The van der Waals surface area contributed by atoms with Crippen molar-refractivity contribution in [3.05, 3.63) is 70.3 Å². The van der Waals surface area contributed by atoms with E-state index < -0.39 is 11.9 Å². The summed E-state index contributed by atoms with van der Waals surface area (Å²) in [6.07, 6.45) is 2.50. The molecule has 2 aromatic rings. The van der Waals surface area contributed by atoms with Crippen LogP contribution in [0.1, 0.15) is 56.7 Å². The summed E-state index contributed by atoms with van der Waals surface area (Å²) in [7, 11) is 0. The molecule has 0 saturated carbocycles. The second-order valence-electron chi connectivity index (χ2n) is 9.72. The van der Waals surface area contributed by atoms with E-state index in [1.54, 1.807) is 11.0 Å². The number of hydrogen-bond donors (Lipinski definition) is 1. The molecule has 3 aliphatic heterocycles. The molecule has 3 aliphatic rings. The lowest BCUT2D eigenvalue weighted by molar-refractivity contribution is -0.136. The molecule has 188 valence electrons. The van der Waals surface area contributed by atoms with Crippen LogP contribution in [0.25, 0.3) is 0 Å². The number of Topliss-reactive ketones (excluding diaryl/α,β-unsaturated/α-hetero) is 1. The zero-order valence-electron chi connectivity index (χ0n) is 20.3. The number of amides is 3. The van der Waals surface area contributed by atoms with Gasteiger partial charge in [-0.3, -0.25) is 29.4 Å². The number of aryl methyl sites for hydroxylation is 1. The Morgan fingerprint density at radius 3 is 2.47 bits per heavy atom. The predicted molar refractivity (Wildman–Crippen MR) is 133 cm³/mol. The highest BCUT2D eigenvalue weighted by Crippen LogP contribution is 2.28. The van der Waals surface area contributed by atoms with Crippen molar-refractivity contribution in [2.75, 3.05) is 32.8 Å². The average molecular weight is 490 g/mol. The van der Waals surface area contributed by atoms with Crippen molar-refractivity contribution in [2.45, 2.75) is 44.7 Å². The molecular weight excluding hydrogens is 458 g/mol. The van der Waals surface area contributed by atoms with Crippen LogP contribution in [-0.2, 0) is 33.7 Å². The molecule has 2 saturated heterocycles. The van der Waals surface area contributed by atoms with E-state index in [0.717, 1.165) is 50.4 Å². The number of imide groups is 1. The lowest BCUT2D eigenvalue weighted by atomic mass is 9.99. The van der Waals surface area contributed by atoms with Crippen molar-refractivity contribution in [1.82, 2.24) is 15.1 Å². The number of ether oxygens (including phenoxy) is 1. The van der Waals surface area contributed by atoms with Gasteiger partial charge in [0.25, 0.3) is 5.91 Å². The van der Waals surface area contributed by atoms with E-state index in [0.29, 0.717) is 36.9 Å². The van der Waals surface area contributed by atoms with Crippen LogP contribution in [0.3, 0.4) is 0 Å². The van der Waals surface area contributed by atoms with E-state index in [1.807, 2.05) is 36.4 Å². The van der Waals surface area contributed by atoms with Crippen LogP contribution in [0.5, 0.6) is 0 Å². The minimum atomic E-state index is -0.621. The molecule has 8 nitrogen and oxygen atoms in total. The number of nitrogens with one attached hydrogen (secondary N) is 1. The van der Waals surface area contributed by atoms with Crippen molar-refractivity contribution in [2.24, 2.45) is 0 Å². The third-order valence-electron chi connectivity index (χ3n) is 7.33. The fraction of sp³-hybridized carbons (Fsp3) is 0.429. The van der Waals surface area contributed by atoms with Crippen molar-refractivity contribution in [3.8, 4) is 0 Å². The maximum atomic E-state index is 12.8. The molecule has 36 heavy (non-hydrogen) atoms. The third kappa shape index (κ3) is 5.39. The van der Waals surface area contributed by atoms with Crippen LogP contribution >= 0.6 is 0 Å². The van der Waals surface area contributed by atoms with Gasteiger partial charge in [-0.1, -0.05) is 36.4 Å². The highest BCUT2D eigenvalue weighted by atomic mass is 16.5. The molecule has 5 rings (SSSR count). The quantitative estimate of drug-likeness (QED) is 0.451. The summed E-state index contributed by atoms with van der Waals surface area (Å²) in [5.41, 5.74) is 4.37. The number of hydrogen-bond acceptors (Lipinski definition) is 6. The van der Waals surface area contributed by atoms with E-state index in [-0.39, 0.29) is 24.0 Å². The van der Waals surface area contributed by atoms with E-state index in [9.17, 15) is 19.2 Å². The summed E-state index contributed by atoms with van der Waals surface area (Å²) in [5.74, 6) is -0.798. The minimum Gasteiger partial charge on any atom is -0.379 e. The first-order chi connectivity index (χ1) is 17.5. The maximum absolute atomic E-state index is 12.8. The van der Waals surface area contributed by atoms with Gasteiger partial charge in [0.15, 0.2) is 5.78 Å². The number of rotatable bonds is 8. The standard InChI is InChI=1S/C28H31N3O5/c32-25(21-5-1-19(2-6-21)11-12-30-13-15-36-16-14-30)9-4-20-3-7-23-22(17-20)18-31(28(23)35)24-8-10-26(33)29-27(24)34/h1-3,5-7,17,24H,4,8-16,18H2,(H,29,33,34). The average Bonchev–Trinajstić information content (AvgIpc) is 3.22. The zero-order valence-corrected chi connectivity index (χ0v) is 20.3. The van der Waals surface area contributed by atoms with Gasteiger partial charge in [-0.05, 0) is 42.0 Å². The molecule has 8 heteroatoms. The topological polar surface area (TPSA) is 96.0 Å². The number of fused-ring (bicyclic) bond motifs is 1. The molecule has 3 heterocycles. The molecule has 1 unspecified atom stereocenters. The number of morpholine rings is 1. The Morgan fingerprint density at radius 2 is 1.72 bits per heavy atom. The van der Waals surface area contributed by atoms with E-state index in [2.05, 4.69) is 10.2 Å². The molecule has 0 spiro atoms. The summed E-state index contributed by atoms with van der Waals surface area (Å²) >= 11 is 0. The van der Waals surface area contributed by atoms with Crippen LogP contribution in [-0.4, -0.2) is 72.2 Å². The van der Waals surface area contributed by atoms with Gasteiger partial charge in [-0.2, -0.15) is 0 Å². The van der Waals surface area contributed by atoms with Gasteiger partial charge in [0.1, 0.15) is 6.04 Å². The maximum Gasteiger partial charge on any atom is 0.255 e. The highest BCUT2D eigenvalue weighted by Gasteiger charge is 2.39. The third-order valence-corrected chi connectivity index (χ3v) is 7.33. The minimum absolute atomic E-state index is 0.0940. The summed E-state index contributed by atoms with van der Waals surface area (Å²) in [5, 5.41) is 2.32. The zero-order chi connectivity index (χ0) is 25.1. The molecule has 3 amide bonds. The van der Waals surface area contributed by atoms with Gasteiger partial charge in [-0.25, -0.2) is 0 Å². The van der Waals surface area contributed by atoms with Crippen molar-refractivity contribution >= 4 is 23.5 Å². The van der Waals surface area contributed by atoms with E-state index >= 15 is 0 Å². The Kier molecular flexibility index (Phi) is 7.25. The Labute approximate surface area is 210 Å². The molecule has 1 N–H and O–H groups in total. The Morgan fingerprint density at radius 1 is 0.972 bits per heavy atom. The summed E-state index contributed by atoms with van der Waals surface area (Å²) in [6, 6.07) is 12.9. The first-order valence-corrected chi connectivity index (χ1v) is 12.7. The first-order valence-electron chi connectivity index (χ1n) is 12.7. The van der Waals surface area contributed by atoms with Gasteiger partial charge in [0.2, 0.25) is 11.8 Å². The number of piperidine rings is 1. The highest BCUT2D eigenvalue weighted by molar-refractivity contribution is 6.05. The SMILES string of the molecule is O=C1CCC(N2Cc3cc(CCC(=O)c4ccc(CCN5CCOCC5)cc4)ccc3C2=O)C(=O)N1. The molecule has 0 bridgehead atoms. The van der Waals surface area contributed by atoms with Crippen molar-refractivity contribution < 1.29 is 23.9 Å². The van der Waals surface area contributed by atoms with Gasteiger partial charge < -0.3 is 9.64 Å². The predicted octanol–water partition coefficient (Wildman–Crippen LogP) is 2.14. The van der Waals surface area contributed by atoms with Crippen LogP contribution in [0.4, 0.5) is 0 Å². The number of ketones is 1. The van der Waals surface area contributed by atoms with Crippen LogP contribution in [0, 0.1) is 0 Å². The lowest BCUT2D eigenvalue weighted by Crippen LogP contribution is -2.52. The summed E-state index contributed by atoms with van der Waals surface area (Å²) < 4.78 is 5.39. The Hall–Kier alpha value is -3.36. The molecule has 0 aliphatic carbocycles. The molecule has 0 radical (unpaired) electrons. The monoisotopic (exact) mass is 489 g/mol. The fourth-order valence-corrected chi connectivity index (χ4v) is 5.15. The van der Waals surface area contributed by atoms with Crippen molar-refractivity contribution in [1.29, 1.82) is 0 Å². The van der Waals surface area contributed by atoms with Crippen LogP contribution in [0.2, 0.25) is 0 Å². The van der Waals surface area contributed by atoms with Gasteiger partial charge in [-0.15, -0.1) is 0 Å². The Bertz CT molecular complexity index is 1170. The number of carbonyl (C=O) groups excluding carboxylic acids is 4. The fourth-order valence-electron chi connectivity index (χ4n) is 5.15. The van der Waals surface area contributed by atoms with Crippen molar-refractivity contribution in [3.63, 3.8) is 0 Å². The van der Waals surface area contributed by atoms with Crippen LogP contribution < -0.4 is 5.32 Å². The molecule has 2 aromatic carbocycles. The summed E-state index contributed by atoms with van der Waals surface area (Å²) in [4.78, 5) is 53.2. The second-order valence-corrected chi connectivity index (χ2v) is 9.72. The van der Waals surface area contributed by atoms with E-state index in [1.165, 1.54) is 5.56 Å². The molecular formula is C28H31N3O5. The molecule has 2 fully saturated rings. The van der Waals surface area contributed by atoms with Gasteiger partial charge in [0, 0.05) is 50.1 Å². The summed E-state index contributed by atoms with van der Waals surface area (Å²) in [6.45, 7) is 4.88. The Balaban J connectivity index is 1.14. The smallest absolute Gasteiger partial charge is 0.255 e. The van der Waals surface area contributed by atoms with Gasteiger partial charge >= 0.3 is 0 Å². The normalized spacial score (nSPS) is 20.4. The molecule has 1 atom stereocenters. The van der Waals surface area contributed by atoms with Crippen LogP contribution in [0.15, 0.2) is 42.5 Å².